The zero-order valence-electron chi connectivity index (χ0n) is 16.7. The van der Waals surface area contributed by atoms with Crippen molar-refractivity contribution >= 4 is 23.5 Å². The van der Waals surface area contributed by atoms with Gasteiger partial charge in [0.2, 0.25) is 11.8 Å². The van der Waals surface area contributed by atoms with Gasteiger partial charge in [0.05, 0.1) is 12.0 Å². The van der Waals surface area contributed by atoms with E-state index in [9.17, 15) is 18.4 Å². The first-order chi connectivity index (χ1) is 15.5. The first kappa shape index (κ1) is 20.0. The third-order valence-corrected chi connectivity index (χ3v) is 5.53. The molecule has 2 N–H and O–H groups in total. The van der Waals surface area contributed by atoms with Crippen molar-refractivity contribution in [1.82, 2.24) is 20.5 Å². The molecule has 11 heteroatoms. The standard InChI is InChI=1S/C21H18F2N6O3/c22-14-7-12(8-15(23)18(14)13-4-5-17(30)26-19(13)31)29-9-11(10-29)25-21-28-27-20(32-21)16-3-1-2-6-24-16/h1-3,6-8,11,13H,4-5,9-10H2,(H,25,28)(H,26,30,31). The minimum atomic E-state index is -1.02. The number of piperidine rings is 1. The highest BCUT2D eigenvalue weighted by molar-refractivity contribution is 6.01. The molecule has 0 radical (unpaired) electrons. The van der Waals surface area contributed by atoms with Crippen molar-refractivity contribution in [3.8, 4) is 11.6 Å². The zero-order valence-corrected chi connectivity index (χ0v) is 16.7. The Morgan fingerprint density at radius 3 is 2.59 bits per heavy atom. The molecule has 9 nitrogen and oxygen atoms in total. The molecule has 2 fully saturated rings. The van der Waals surface area contributed by atoms with Gasteiger partial charge >= 0.3 is 6.01 Å². The third-order valence-electron chi connectivity index (χ3n) is 5.53. The maximum Gasteiger partial charge on any atom is 0.316 e. The SMILES string of the molecule is O=C1CCC(c2c(F)cc(N3CC(Nc4nnc(-c5ccccn5)o4)C3)cc2F)C(=O)N1. The van der Waals surface area contributed by atoms with Crippen LogP contribution in [0.4, 0.5) is 20.5 Å². The lowest BCUT2D eigenvalue weighted by Gasteiger charge is -2.41. The van der Waals surface area contributed by atoms with Crippen LogP contribution in [0.15, 0.2) is 40.9 Å². The number of hydrogen-bond donors (Lipinski definition) is 2. The van der Waals surface area contributed by atoms with Crippen molar-refractivity contribution in [2.24, 2.45) is 0 Å². The van der Waals surface area contributed by atoms with E-state index in [2.05, 4.69) is 25.8 Å². The Labute approximate surface area is 180 Å². The van der Waals surface area contributed by atoms with Crippen LogP contribution in [0.1, 0.15) is 24.3 Å². The van der Waals surface area contributed by atoms with E-state index >= 15 is 0 Å². The van der Waals surface area contributed by atoms with Gasteiger partial charge in [0, 0.05) is 37.0 Å². The Morgan fingerprint density at radius 1 is 1.12 bits per heavy atom. The van der Waals surface area contributed by atoms with E-state index in [-0.39, 0.29) is 36.4 Å². The highest BCUT2D eigenvalue weighted by atomic mass is 19.1. The fraction of sp³-hybridized carbons (Fsp3) is 0.286. The molecular weight excluding hydrogens is 422 g/mol. The number of halogens is 2. The first-order valence-electron chi connectivity index (χ1n) is 10.1. The molecule has 1 aromatic carbocycles. The fourth-order valence-corrected chi connectivity index (χ4v) is 3.89. The molecular formula is C21H18F2N6O3. The van der Waals surface area contributed by atoms with E-state index in [1.165, 1.54) is 12.1 Å². The fourth-order valence-electron chi connectivity index (χ4n) is 3.89. The molecule has 2 amide bonds. The monoisotopic (exact) mass is 440 g/mol. The van der Waals surface area contributed by atoms with Crippen LogP contribution in [-0.2, 0) is 9.59 Å². The second-order valence-electron chi connectivity index (χ2n) is 7.70. The number of carbonyl (C=O) groups is 2. The highest BCUT2D eigenvalue weighted by Crippen LogP contribution is 2.33. The van der Waals surface area contributed by atoms with E-state index in [0.717, 1.165) is 0 Å². The Morgan fingerprint density at radius 2 is 1.91 bits per heavy atom. The van der Waals surface area contributed by atoms with Gasteiger partial charge in [0.1, 0.15) is 17.3 Å². The summed E-state index contributed by atoms with van der Waals surface area (Å²) in [5, 5.41) is 13.1. The van der Waals surface area contributed by atoms with Crippen molar-refractivity contribution in [1.29, 1.82) is 0 Å². The van der Waals surface area contributed by atoms with E-state index < -0.39 is 29.4 Å². The lowest BCUT2D eigenvalue weighted by Crippen LogP contribution is -2.55. The highest BCUT2D eigenvalue weighted by Gasteiger charge is 2.34. The smallest absolute Gasteiger partial charge is 0.316 e. The number of hydrogen-bond acceptors (Lipinski definition) is 8. The van der Waals surface area contributed by atoms with Gasteiger partial charge in [-0.15, -0.1) is 5.10 Å². The summed E-state index contributed by atoms with van der Waals surface area (Å²) < 4.78 is 35.0. The number of nitrogens with one attached hydrogen (secondary N) is 2. The van der Waals surface area contributed by atoms with Gasteiger partial charge in [-0.1, -0.05) is 11.2 Å². The Balaban J connectivity index is 1.23. The summed E-state index contributed by atoms with van der Waals surface area (Å²) in [5.41, 5.74) is 0.626. The quantitative estimate of drug-likeness (QED) is 0.581. The number of benzene rings is 1. The molecule has 2 aromatic heterocycles. The van der Waals surface area contributed by atoms with Gasteiger partial charge in [0.25, 0.3) is 5.89 Å². The summed E-state index contributed by atoms with van der Waals surface area (Å²) in [6, 6.07) is 7.96. The van der Waals surface area contributed by atoms with Gasteiger partial charge in [-0.2, -0.15) is 0 Å². The van der Waals surface area contributed by atoms with E-state index in [1.807, 2.05) is 6.07 Å². The van der Waals surface area contributed by atoms with Gasteiger partial charge in [-0.05, 0) is 30.7 Å². The summed E-state index contributed by atoms with van der Waals surface area (Å²) in [6.45, 7) is 0.940. The molecule has 32 heavy (non-hydrogen) atoms. The number of anilines is 2. The number of amides is 2. The Kier molecular flexibility index (Phi) is 5.00. The second kappa shape index (κ2) is 7.98. The molecule has 3 aromatic rings. The van der Waals surface area contributed by atoms with Crippen LogP contribution in [0.2, 0.25) is 0 Å². The number of aromatic nitrogens is 3. The molecule has 0 saturated carbocycles. The molecule has 2 saturated heterocycles. The summed E-state index contributed by atoms with van der Waals surface area (Å²) in [6.07, 6.45) is 1.76. The normalized spacial score (nSPS) is 18.9. The average Bonchev–Trinajstić information content (AvgIpc) is 3.21. The zero-order chi connectivity index (χ0) is 22.2. The van der Waals surface area contributed by atoms with Crippen molar-refractivity contribution in [2.75, 3.05) is 23.3 Å². The number of imide groups is 1. The predicted octanol–water partition coefficient (Wildman–Crippen LogP) is 2.23. The van der Waals surface area contributed by atoms with Gasteiger partial charge in [-0.25, -0.2) is 8.78 Å². The van der Waals surface area contributed by atoms with Crippen molar-refractivity contribution in [3.05, 3.63) is 53.7 Å². The molecule has 2 aliphatic rings. The molecule has 0 spiro atoms. The Bertz CT molecular complexity index is 1160. The molecule has 0 bridgehead atoms. The number of nitrogens with zero attached hydrogens (tertiary/aromatic N) is 4. The van der Waals surface area contributed by atoms with Gasteiger partial charge < -0.3 is 14.6 Å². The lowest BCUT2D eigenvalue weighted by atomic mass is 9.89. The largest absolute Gasteiger partial charge is 0.402 e. The minimum absolute atomic E-state index is 0.0482. The first-order valence-corrected chi connectivity index (χ1v) is 10.1. The van der Waals surface area contributed by atoms with E-state index in [1.54, 1.807) is 23.2 Å². The molecule has 4 heterocycles. The van der Waals surface area contributed by atoms with E-state index in [0.29, 0.717) is 24.5 Å². The molecule has 1 unspecified atom stereocenters. The van der Waals surface area contributed by atoms with Crippen molar-refractivity contribution in [2.45, 2.75) is 24.8 Å². The summed E-state index contributed by atoms with van der Waals surface area (Å²) >= 11 is 0. The molecule has 0 aliphatic carbocycles. The second-order valence-corrected chi connectivity index (χ2v) is 7.70. The Hall–Kier alpha value is -3.89. The maximum absolute atomic E-state index is 14.7. The van der Waals surface area contributed by atoms with Crippen LogP contribution in [-0.4, -0.2) is 46.1 Å². The number of carbonyl (C=O) groups excluding carboxylic acids is 2. The molecule has 1 atom stereocenters. The van der Waals surface area contributed by atoms with Gasteiger partial charge in [-0.3, -0.25) is 19.9 Å². The predicted molar refractivity (Wildman–Crippen MR) is 109 cm³/mol. The van der Waals surface area contributed by atoms with Gasteiger partial charge in [0.15, 0.2) is 0 Å². The van der Waals surface area contributed by atoms with Crippen LogP contribution in [0.25, 0.3) is 11.6 Å². The van der Waals surface area contributed by atoms with Crippen LogP contribution < -0.4 is 15.5 Å². The van der Waals surface area contributed by atoms with Crippen LogP contribution >= 0.6 is 0 Å². The molecule has 2 aliphatic heterocycles. The molecule has 164 valence electrons. The number of pyridine rings is 1. The van der Waals surface area contributed by atoms with Crippen molar-refractivity contribution in [3.63, 3.8) is 0 Å². The minimum Gasteiger partial charge on any atom is -0.402 e. The van der Waals surface area contributed by atoms with Crippen LogP contribution in [0.5, 0.6) is 0 Å². The maximum atomic E-state index is 14.7. The van der Waals surface area contributed by atoms with E-state index in [4.69, 9.17) is 4.42 Å². The van der Waals surface area contributed by atoms with Crippen LogP contribution in [0, 0.1) is 11.6 Å². The lowest BCUT2D eigenvalue weighted by molar-refractivity contribution is -0.134. The molecule has 5 rings (SSSR count). The van der Waals surface area contributed by atoms with Crippen molar-refractivity contribution < 1.29 is 22.8 Å². The van der Waals surface area contributed by atoms with Crippen LogP contribution in [0.3, 0.4) is 0 Å². The summed E-state index contributed by atoms with van der Waals surface area (Å²) in [4.78, 5) is 29.2. The number of rotatable bonds is 5. The topological polar surface area (TPSA) is 113 Å². The third kappa shape index (κ3) is 3.77. The summed E-state index contributed by atoms with van der Waals surface area (Å²) in [7, 11) is 0. The summed E-state index contributed by atoms with van der Waals surface area (Å²) in [5.74, 6) is -3.44. The average molecular weight is 440 g/mol.